The molecule has 0 aromatic heterocycles. The summed E-state index contributed by atoms with van der Waals surface area (Å²) in [5, 5.41) is 2.89. The smallest absolute Gasteiger partial charge is 0.248 e. The van der Waals surface area contributed by atoms with E-state index in [4.69, 9.17) is 4.74 Å². The molecule has 0 aliphatic carbocycles. The van der Waals surface area contributed by atoms with Crippen molar-refractivity contribution in [2.24, 2.45) is 0 Å². The van der Waals surface area contributed by atoms with Crippen molar-refractivity contribution in [3.8, 4) is 5.75 Å². The maximum atomic E-state index is 12.0. The third-order valence-corrected chi connectivity index (χ3v) is 3.74. The Morgan fingerprint density at radius 2 is 1.95 bits per heavy atom. The van der Waals surface area contributed by atoms with E-state index in [1.807, 2.05) is 56.3 Å². The Bertz CT molecular complexity index is 678. The standard InChI is InChI=1S/C18H18INO2/c1-3-22-16-8-4-14(5-9-16)6-11-18(21)20-17-10-7-15(19)12-13(17)2/h4-12H,3H2,1-2H3,(H,20,21)/b11-6+. The Morgan fingerprint density at radius 1 is 1.23 bits per heavy atom. The zero-order valence-corrected chi connectivity index (χ0v) is 14.8. The third kappa shape index (κ3) is 4.87. The van der Waals surface area contributed by atoms with Crippen LogP contribution in [0.25, 0.3) is 6.08 Å². The molecule has 4 heteroatoms. The van der Waals surface area contributed by atoms with Gasteiger partial charge in [0.25, 0.3) is 0 Å². The Kier molecular flexibility index (Phi) is 6.00. The summed E-state index contributed by atoms with van der Waals surface area (Å²) >= 11 is 2.25. The summed E-state index contributed by atoms with van der Waals surface area (Å²) in [7, 11) is 0. The van der Waals surface area contributed by atoms with Crippen LogP contribution in [-0.2, 0) is 4.79 Å². The van der Waals surface area contributed by atoms with Gasteiger partial charge >= 0.3 is 0 Å². The SMILES string of the molecule is CCOc1ccc(/C=C/C(=O)Nc2ccc(I)cc2C)cc1. The molecule has 2 rings (SSSR count). The minimum atomic E-state index is -0.141. The van der Waals surface area contributed by atoms with Gasteiger partial charge in [0.05, 0.1) is 6.61 Å². The molecule has 0 bridgehead atoms. The van der Waals surface area contributed by atoms with Crippen molar-refractivity contribution in [2.45, 2.75) is 13.8 Å². The highest BCUT2D eigenvalue weighted by atomic mass is 127. The highest BCUT2D eigenvalue weighted by molar-refractivity contribution is 14.1. The minimum absolute atomic E-state index is 0.141. The molecule has 3 nitrogen and oxygen atoms in total. The van der Waals surface area contributed by atoms with E-state index in [-0.39, 0.29) is 5.91 Å². The van der Waals surface area contributed by atoms with Crippen LogP contribution in [0.4, 0.5) is 5.69 Å². The fourth-order valence-electron chi connectivity index (χ4n) is 1.96. The number of nitrogens with one attached hydrogen (secondary N) is 1. The molecule has 2 aromatic rings. The molecule has 0 atom stereocenters. The van der Waals surface area contributed by atoms with E-state index in [1.165, 1.54) is 6.08 Å². The first-order chi connectivity index (χ1) is 10.6. The van der Waals surface area contributed by atoms with Gasteiger partial charge in [-0.05, 0) is 84.0 Å². The second-order valence-corrected chi connectivity index (χ2v) is 6.03. The predicted octanol–water partition coefficient (Wildman–Crippen LogP) is 4.65. The molecule has 0 aliphatic heterocycles. The summed E-state index contributed by atoms with van der Waals surface area (Å²) in [6, 6.07) is 13.6. The Hall–Kier alpha value is -1.82. The summed E-state index contributed by atoms with van der Waals surface area (Å²) in [4.78, 5) is 12.0. The van der Waals surface area contributed by atoms with Gasteiger partial charge in [-0.3, -0.25) is 4.79 Å². The molecule has 0 radical (unpaired) electrons. The second-order valence-electron chi connectivity index (χ2n) is 4.78. The van der Waals surface area contributed by atoms with Crippen LogP contribution >= 0.6 is 22.6 Å². The second kappa shape index (κ2) is 7.98. The van der Waals surface area contributed by atoms with Crippen molar-refractivity contribution in [3.63, 3.8) is 0 Å². The fraction of sp³-hybridized carbons (Fsp3) is 0.167. The molecule has 0 fully saturated rings. The maximum Gasteiger partial charge on any atom is 0.248 e. The normalized spacial score (nSPS) is 10.7. The lowest BCUT2D eigenvalue weighted by Crippen LogP contribution is -2.08. The highest BCUT2D eigenvalue weighted by Gasteiger charge is 2.02. The van der Waals surface area contributed by atoms with Crippen LogP contribution in [-0.4, -0.2) is 12.5 Å². The van der Waals surface area contributed by atoms with Crippen molar-refractivity contribution in [2.75, 3.05) is 11.9 Å². The molecule has 1 amide bonds. The number of benzene rings is 2. The molecular formula is C18H18INO2. The summed E-state index contributed by atoms with van der Waals surface area (Å²) in [6.07, 6.45) is 3.32. The largest absolute Gasteiger partial charge is 0.494 e. The van der Waals surface area contributed by atoms with Gasteiger partial charge in [-0.2, -0.15) is 0 Å². The van der Waals surface area contributed by atoms with Crippen LogP contribution in [0.15, 0.2) is 48.5 Å². The monoisotopic (exact) mass is 407 g/mol. The van der Waals surface area contributed by atoms with Crippen LogP contribution in [0.1, 0.15) is 18.1 Å². The molecule has 0 heterocycles. The first-order valence-corrected chi connectivity index (χ1v) is 8.14. The number of ether oxygens (including phenoxy) is 1. The molecule has 114 valence electrons. The Labute approximate surface area is 144 Å². The van der Waals surface area contributed by atoms with E-state index < -0.39 is 0 Å². The first kappa shape index (κ1) is 16.5. The van der Waals surface area contributed by atoms with E-state index in [9.17, 15) is 4.79 Å². The molecular weight excluding hydrogens is 389 g/mol. The number of hydrogen-bond acceptors (Lipinski definition) is 2. The van der Waals surface area contributed by atoms with E-state index in [0.717, 1.165) is 26.1 Å². The van der Waals surface area contributed by atoms with Crippen molar-refractivity contribution in [1.29, 1.82) is 0 Å². The van der Waals surface area contributed by atoms with Gasteiger partial charge < -0.3 is 10.1 Å². The number of hydrogen-bond donors (Lipinski definition) is 1. The van der Waals surface area contributed by atoms with Crippen LogP contribution in [0.2, 0.25) is 0 Å². The lowest BCUT2D eigenvalue weighted by Gasteiger charge is -2.06. The fourth-order valence-corrected chi connectivity index (χ4v) is 2.60. The molecule has 0 spiro atoms. The summed E-state index contributed by atoms with van der Waals surface area (Å²) < 4.78 is 6.54. The van der Waals surface area contributed by atoms with Crippen molar-refractivity contribution >= 4 is 40.3 Å². The molecule has 2 aromatic carbocycles. The molecule has 0 aliphatic rings. The van der Waals surface area contributed by atoms with Gasteiger partial charge in [-0.25, -0.2) is 0 Å². The zero-order chi connectivity index (χ0) is 15.9. The van der Waals surface area contributed by atoms with Crippen LogP contribution in [0.3, 0.4) is 0 Å². The summed E-state index contributed by atoms with van der Waals surface area (Å²) in [5.74, 6) is 0.691. The molecule has 0 saturated heterocycles. The first-order valence-electron chi connectivity index (χ1n) is 7.06. The van der Waals surface area contributed by atoms with E-state index in [2.05, 4.69) is 27.9 Å². The lowest BCUT2D eigenvalue weighted by molar-refractivity contribution is -0.111. The van der Waals surface area contributed by atoms with Crippen LogP contribution < -0.4 is 10.1 Å². The number of amides is 1. The predicted molar refractivity (Wildman–Crippen MR) is 99.2 cm³/mol. The van der Waals surface area contributed by atoms with Crippen molar-refractivity contribution in [3.05, 3.63) is 63.2 Å². The van der Waals surface area contributed by atoms with E-state index in [0.29, 0.717) is 6.61 Å². The van der Waals surface area contributed by atoms with Gasteiger partial charge in [0.1, 0.15) is 5.75 Å². The summed E-state index contributed by atoms with van der Waals surface area (Å²) in [6.45, 7) is 4.58. The van der Waals surface area contributed by atoms with Gasteiger partial charge in [0.2, 0.25) is 5.91 Å². The van der Waals surface area contributed by atoms with Gasteiger partial charge in [0, 0.05) is 15.3 Å². The number of carbonyl (C=O) groups is 1. The van der Waals surface area contributed by atoms with Crippen LogP contribution in [0.5, 0.6) is 5.75 Å². The van der Waals surface area contributed by atoms with Crippen molar-refractivity contribution < 1.29 is 9.53 Å². The zero-order valence-electron chi connectivity index (χ0n) is 12.6. The highest BCUT2D eigenvalue weighted by Crippen LogP contribution is 2.18. The van der Waals surface area contributed by atoms with Gasteiger partial charge in [-0.15, -0.1) is 0 Å². The number of carbonyl (C=O) groups excluding carboxylic acids is 1. The van der Waals surface area contributed by atoms with Gasteiger partial charge in [0.15, 0.2) is 0 Å². The molecule has 0 saturated carbocycles. The Balaban J connectivity index is 1.98. The topological polar surface area (TPSA) is 38.3 Å². The molecule has 1 N–H and O–H groups in total. The number of aryl methyl sites for hydroxylation is 1. The molecule has 0 unspecified atom stereocenters. The van der Waals surface area contributed by atoms with Crippen molar-refractivity contribution in [1.82, 2.24) is 0 Å². The number of halogens is 1. The summed E-state index contributed by atoms with van der Waals surface area (Å²) in [5.41, 5.74) is 2.84. The average Bonchev–Trinajstić information content (AvgIpc) is 2.50. The van der Waals surface area contributed by atoms with E-state index in [1.54, 1.807) is 6.08 Å². The van der Waals surface area contributed by atoms with Crippen LogP contribution in [0, 0.1) is 10.5 Å². The Morgan fingerprint density at radius 3 is 2.59 bits per heavy atom. The van der Waals surface area contributed by atoms with Gasteiger partial charge in [-0.1, -0.05) is 12.1 Å². The number of rotatable bonds is 5. The maximum absolute atomic E-state index is 12.0. The average molecular weight is 407 g/mol. The van der Waals surface area contributed by atoms with E-state index >= 15 is 0 Å². The third-order valence-electron chi connectivity index (χ3n) is 3.06. The quantitative estimate of drug-likeness (QED) is 0.579. The molecule has 22 heavy (non-hydrogen) atoms. The number of anilines is 1. The minimum Gasteiger partial charge on any atom is -0.494 e. The lowest BCUT2D eigenvalue weighted by atomic mass is 10.2.